The smallest absolute Gasteiger partial charge is 0.260 e. The van der Waals surface area contributed by atoms with E-state index in [1.165, 1.54) is 0 Å². The summed E-state index contributed by atoms with van der Waals surface area (Å²) in [7, 11) is 0. The molecule has 154 valence electrons. The molecule has 4 heterocycles. The summed E-state index contributed by atoms with van der Waals surface area (Å²) >= 11 is 0. The maximum atomic E-state index is 13.4. The summed E-state index contributed by atoms with van der Waals surface area (Å²) in [5, 5.41) is 4.09. The van der Waals surface area contributed by atoms with Gasteiger partial charge >= 0.3 is 0 Å². The first kappa shape index (κ1) is 19.5. The van der Waals surface area contributed by atoms with E-state index in [9.17, 15) is 9.59 Å². The molecule has 1 fully saturated rings. The molecule has 29 heavy (non-hydrogen) atoms. The SMILES string of the molecule is CCc1noc(CC)c1C(=O)N1CCC[C@H]1c1ncc2c(n1)CCN(C(C)=O)C2. The van der Waals surface area contributed by atoms with Gasteiger partial charge in [0, 0.05) is 51.2 Å². The molecule has 4 rings (SSSR count). The summed E-state index contributed by atoms with van der Waals surface area (Å²) in [6.07, 6.45) is 5.60. The molecule has 0 spiro atoms. The van der Waals surface area contributed by atoms with E-state index in [0.717, 1.165) is 30.5 Å². The number of aryl methyl sites for hydroxylation is 2. The minimum Gasteiger partial charge on any atom is -0.360 e. The average Bonchev–Trinajstić information content (AvgIpc) is 3.39. The lowest BCUT2D eigenvalue weighted by atomic mass is 10.1. The highest BCUT2D eigenvalue weighted by atomic mass is 16.5. The minimum absolute atomic E-state index is 0.0356. The molecule has 1 saturated heterocycles. The van der Waals surface area contributed by atoms with Crippen LogP contribution in [-0.4, -0.2) is 49.8 Å². The van der Waals surface area contributed by atoms with E-state index in [0.29, 0.717) is 55.3 Å². The van der Waals surface area contributed by atoms with Crippen molar-refractivity contribution in [3.8, 4) is 0 Å². The monoisotopic (exact) mass is 397 g/mol. The molecular weight excluding hydrogens is 370 g/mol. The third-order valence-corrected chi connectivity index (χ3v) is 5.91. The Hall–Kier alpha value is -2.77. The van der Waals surface area contributed by atoms with Crippen LogP contribution < -0.4 is 0 Å². The average molecular weight is 397 g/mol. The Morgan fingerprint density at radius 1 is 1.24 bits per heavy atom. The van der Waals surface area contributed by atoms with Crippen molar-refractivity contribution < 1.29 is 14.1 Å². The number of fused-ring (bicyclic) bond motifs is 1. The van der Waals surface area contributed by atoms with Crippen LogP contribution in [0.25, 0.3) is 0 Å². The Kier molecular flexibility index (Phi) is 5.34. The largest absolute Gasteiger partial charge is 0.360 e. The summed E-state index contributed by atoms with van der Waals surface area (Å²) in [6, 6.07) is -0.136. The van der Waals surface area contributed by atoms with E-state index >= 15 is 0 Å². The van der Waals surface area contributed by atoms with Crippen molar-refractivity contribution >= 4 is 11.8 Å². The van der Waals surface area contributed by atoms with Crippen LogP contribution >= 0.6 is 0 Å². The molecule has 2 aromatic rings. The third kappa shape index (κ3) is 3.52. The minimum atomic E-state index is -0.136. The number of amides is 2. The van der Waals surface area contributed by atoms with Crippen molar-refractivity contribution in [2.45, 2.75) is 65.5 Å². The van der Waals surface area contributed by atoms with Crippen LogP contribution in [0.15, 0.2) is 10.7 Å². The number of carbonyl (C=O) groups is 2. The second kappa shape index (κ2) is 7.93. The fourth-order valence-corrected chi connectivity index (χ4v) is 4.27. The van der Waals surface area contributed by atoms with Crippen LogP contribution in [0.2, 0.25) is 0 Å². The predicted octanol–water partition coefficient (Wildman–Crippen LogP) is 2.47. The molecule has 0 N–H and O–H groups in total. The van der Waals surface area contributed by atoms with Crippen LogP contribution in [0.4, 0.5) is 0 Å². The van der Waals surface area contributed by atoms with Crippen LogP contribution in [0.3, 0.4) is 0 Å². The summed E-state index contributed by atoms with van der Waals surface area (Å²) in [6.45, 7) is 7.44. The van der Waals surface area contributed by atoms with Gasteiger partial charge in [-0.2, -0.15) is 0 Å². The third-order valence-electron chi connectivity index (χ3n) is 5.91. The summed E-state index contributed by atoms with van der Waals surface area (Å²) in [4.78, 5) is 38.1. The van der Waals surface area contributed by atoms with Crippen molar-refractivity contribution in [2.75, 3.05) is 13.1 Å². The molecule has 8 nitrogen and oxygen atoms in total. The van der Waals surface area contributed by atoms with Gasteiger partial charge in [0.05, 0.1) is 17.4 Å². The first-order chi connectivity index (χ1) is 14.0. The van der Waals surface area contributed by atoms with E-state index in [4.69, 9.17) is 9.51 Å². The van der Waals surface area contributed by atoms with E-state index in [2.05, 4.69) is 10.1 Å². The van der Waals surface area contributed by atoms with Gasteiger partial charge in [0.15, 0.2) is 5.82 Å². The molecule has 2 aliphatic rings. The molecule has 0 saturated carbocycles. The van der Waals surface area contributed by atoms with E-state index < -0.39 is 0 Å². The summed E-state index contributed by atoms with van der Waals surface area (Å²) in [5.74, 6) is 1.37. The Morgan fingerprint density at radius 2 is 2.07 bits per heavy atom. The first-order valence-electron chi connectivity index (χ1n) is 10.4. The second-order valence-corrected chi connectivity index (χ2v) is 7.68. The van der Waals surface area contributed by atoms with Crippen LogP contribution in [0.1, 0.15) is 78.5 Å². The molecule has 0 aliphatic carbocycles. The van der Waals surface area contributed by atoms with Crippen molar-refractivity contribution in [1.82, 2.24) is 24.9 Å². The lowest BCUT2D eigenvalue weighted by molar-refractivity contribution is -0.129. The Balaban J connectivity index is 1.60. The molecule has 2 aliphatic heterocycles. The van der Waals surface area contributed by atoms with Gasteiger partial charge in [-0.05, 0) is 19.3 Å². The number of likely N-dealkylation sites (tertiary alicyclic amines) is 1. The van der Waals surface area contributed by atoms with Gasteiger partial charge in [-0.15, -0.1) is 0 Å². The number of hydrogen-bond acceptors (Lipinski definition) is 6. The van der Waals surface area contributed by atoms with Crippen molar-refractivity contribution in [3.05, 3.63) is 40.3 Å². The molecule has 0 radical (unpaired) electrons. The quantitative estimate of drug-likeness (QED) is 0.787. The second-order valence-electron chi connectivity index (χ2n) is 7.68. The Labute approximate surface area is 170 Å². The molecule has 0 unspecified atom stereocenters. The lowest BCUT2D eigenvalue weighted by Crippen LogP contribution is -2.36. The fraction of sp³-hybridized carbons (Fsp3) is 0.571. The first-order valence-corrected chi connectivity index (χ1v) is 10.4. The van der Waals surface area contributed by atoms with Gasteiger partial charge in [0.1, 0.15) is 11.3 Å². The normalized spacial score (nSPS) is 18.8. The van der Waals surface area contributed by atoms with Crippen molar-refractivity contribution in [1.29, 1.82) is 0 Å². The molecule has 0 bridgehead atoms. The van der Waals surface area contributed by atoms with Crippen molar-refractivity contribution in [2.24, 2.45) is 0 Å². The van der Waals surface area contributed by atoms with Gasteiger partial charge < -0.3 is 14.3 Å². The van der Waals surface area contributed by atoms with Crippen LogP contribution in [-0.2, 0) is 30.6 Å². The molecule has 2 amide bonds. The topological polar surface area (TPSA) is 92.4 Å². The molecule has 2 aromatic heterocycles. The maximum absolute atomic E-state index is 13.4. The molecule has 8 heteroatoms. The number of carbonyl (C=O) groups excluding carboxylic acids is 2. The molecule has 1 atom stereocenters. The number of aromatic nitrogens is 3. The molecular formula is C21H27N5O3. The van der Waals surface area contributed by atoms with Crippen LogP contribution in [0, 0.1) is 0 Å². The highest BCUT2D eigenvalue weighted by Crippen LogP contribution is 2.33. The number of nitrogens with zero attached hydrogens (tertiary/aromatic N) is 5. The standard InChI is InChI=1S/C21H27N5O3/c1-4-15-19(18(5-2)29-24-15)21(28)26-9-6-7-17(26)20-22-11-14-12-25(13(3)27)10-8-16(14)23-20/h11,17H,4-10,12H2,1-3H3/t17-/m0/s1. The zero-order chi connectivity index (χ0) is 20.5. The predicted molar refractivity (Wildman–Crippen MR) is 105 cm³/mol. The van der Waals surface area contributed by atoms with Gasteiger partial charge in [-0.1, -0.05) is 19.0 Å². The zero-order valence-corrected chi connectivity index (χ0v) is 17.3. The van der Waals surface area contributed by atoms with E-state index in [1.807, 2.05) is 24.9 Å². The highest BCUT2D eigenvalue weighted by Gasteiger charge is 2.36. The number of rotatable bonds is 4. The summed E-state index contributed by atoms with van der Waals surface area (Å²) in [5.41, 5.74) is 3.30. The van der Waals surface area contributed by atoms with Gasteiger partial charge in [-0.3, -0.25) is 9.59 Å². The van der Waals surface area contributed by atoms with E-state index in [-0.39, 0.29) is 17.9 Å². The Bertz CT molecular complexity index is 917. The van der Waals surface area contributed by atoms with Gasteiger partial charge in [-0.25, -0.2) is 9.97 Å². The van der Waals surface area contributed by atoms with Gasteiger partial charge in [0.2, 0.25) is 5.91 Å². The van der Waals surface area contributed by atoms with Crippen molar-refractivity contribution in [3.63, 3.8) is 0 Å². The fourth-order valence-electron chi connectivity index (χ4n) is 4.27. The van der Waals surface area contributed by atoms with Gasteiger partial charge in [0.25, 0.3) is 5.91 Å². The van der Waals surface area contributed by atoms with Crippen LogP contribution in [0.5, 0.6) is 0 Å². The maximum Gasteiger partial charge on any atom is 0.260 e. The number of hydrogen-bond donors (Lipinski definition) is 0. The Morgan fingerprint density at radius 3 is 2.79 bits per heavy atom. The highest BCUT2D eigenvalue weighted by molar-refractivity contribution is 5.96. The summed E-state index contributed by atoms with van der Waals surface area (Å²) < 4.78 is 5.40. The van der Waals surface area contributed by atoms with E-state index in [1.54, 1.807) is 11.8 Å². The zero-order valence-electron chi connectivity index (χ0n) is 17.3. The lowest BCUT2D eigenvalue weighted by Gasteiger charge is -2.28. The molecule has 0 aromatic carbocycles.